The largest absolute Gasteiger partial charge is 0.420 e. The number of anilines is 1. The predicted molar refractivity (Wildman–Crippen MR) is 125 cm³/mol. The van der Waals surface area contributed by atoms with Crippen LogP contribution < -0.4 is 10.7 Å². The molecule has 2 aromatic carbocycles. The zero-order valence-corrected chi connectivity index (χ0v) is 19.4. The second kappa shape index (κ2) is 8.46. The third-order valence-corrected chi connectivity index (χ3v) is 8.51. The maximum Gasteiger partial charge on any atom is 0.420 e. The second-order valence-electron chi connectivity index (χ2n) is 8.85. The smallest absolute Gasteiger partial charge is 0.408 e. The van der Waals surface area contributed by atoms with E-state index in [-0.39, 0.29) is 29.0 Å². The SMILES string of the molecule is C[C@H]1Cc2ccccc2N1C(=O)Cn1c(=O)oc2cc(S(=O)(=O)N3CCCCCC3)ccc21. The van der Waals surface area contributed by atoms with Gasteiger partial charge in [-0.3, -0.25) is 9.36 Å². The number of carbonyl (C=O) groups is 1. The molecule has 1 fully saturated rings. The number of para-hydroxylation sites is 1. The van der Waals surface area contributed by atoms with Crippen LogP contribution in [0, 0.1) is 0 Å². The number of fused-ring (bicyclic) bond motifs is 2. The highest BCUT2D eigenvalue weighted by molar-refractivity contribution is 7.89. The Hall–Kier alpha value is -2.91. The first kappa shape index (κ1) is 21.9. The molecule has 1 amide bonds. The first-order chi connectivity index (χ1) is 15.9. The number of oxazole rings is 1. The summed E-state index contributed by atoms with van der Waals surface area (Å²) in [6, 6.07) is 12.2. The van der Waals surface area contributed by atoms with Crippen LogP contribution >= 0.6 is 0 Å². The predicted octanol–water partition coefficient (Wildman–Crippen LogP) is 3.14. The summed E-state index contributed by atoms with van der Waals surface area (Å²) in [7, 11) is -3.67. The van der Waals surface area contributed by atoms with Crippen LogP contribution in [0.25, 0.3) is 11.1 Å². The van der Waals surface area contributed by atoms with Gasteiger partial charge >= 0.3 is 5.76 Å². The van der Waals surface area contributed by atoms with Crippen molar-refractivity contribution >= 4 is 32.7 Å². The number of amides is 1. The minimum absolute atomic E-state index is 0.00543. The number of hydrogen-bond donors (Lipinski definition) is 0. The van der Waals surface area contributed by atoms with Gasteiger partial charge in [0.15, 0.2) is 5.58 Å². The fourth-order valence-electron chi connectivity index (χ4n) is 4.95. The van der Waals surface area contributed by atoms with E-state index < -0.39 is 15.8 Å². The van der Waals surface area contributed by atoms with E-state index in [0.717, 1.165) is 43.4 Å². The standard InChI is InChI=1S/C24H27N3O5S/c1-17-14-18-8-4-5-9-20(18)27(17)23(28)16-26-21-11-10-19(15-22(21)32-24(26)29)33(30,31)25-12-6-2-3-7-13-25/h4-5,8-11,15,17H,2-3,6-7,12-14,16H2,1H3/t17-/m0/s1. The molecule has 8 nitrogen and oxygen atoms in total. The minimum atomic E-state index is -3.67. The van der Waals surface area contributed by atoms with Crippen molar-refractivity contribution in [1.82, 2.24) is 8.87 Å². The number of carbonyl (C=O) groups excluding carboxylic acids is 1. The normalized spacial score (nSPS) is 19.5. The first-order valence-electron chi connectivity index (χ1n) is 11.4. The van der Waals surface area contributed by atoms with E-state index in [2.05, 4.69) is 0 Å². The van der Waals surface area contributed by atoms with Gasteiger partial charge in [0.05, 0.1) is 10.4 Å². The molecule has 9 heteroatoms. The molecule has 1 aromatic heterocycles. The maximum absolute atomic E-state index is 13.2. The molecular formula is C24H27N3O5S. The highest BCUT2D eigenvalue weighted by atomic mass is 32.2. The van der Waals surface area contributed by atoms with Crippen LogP contribution in [0.5, 0.6) is 0 Å². The van der Waals surface area contributed by atoms with E-state index in [4.69, 9.17) is 4.42 Å². The molecule has 0 spiro atoms. The van der Waals surface area contributed by atoms with Crippen molar-refractivity contribution in [2.45, 2.75) is 56.5 Å². The molecule has 3 aromatic rings. The lowest BCUT2D eigenvalue weighted by Gasteiger charge is -2.22. The van der Waals surface area contributed by atoms with Crippen molar-refractivity contribution in [3.63, 3.8) is 0 Å². The summed E-state index contributed by atoms with van der Waals surface area (Å²) < 4.78 is 34.4. The Morgan fingerprint density at radius 3 is 2.55 bits per heavy atom. The Morgan fingerprint density at radius 2 is 1.79 bits per heavy atom. The van der Waals surface area contributed by atoms with Crippen molar-refractivity contribution in [3.8, 4) is 0 Å². The van der Waals surface area contributed by atoms with Crippen LogP contribution in [-0.2, 0) is 27.8 Å². The molecule has 33 heavy (non-hydrogen) atoms. The molecule has 0 N–H and O–H groups in total. The molecule has 174 valence electrons. The van der Waals surface area contributed by atoms with Gasteiger partial charge in [0.2, 0.25) is 15.9 Å². The van der Waals surface area contributed by atoms with Crippen LogP contribution in [0.1, 0.15) is 38.2 Å². The third-order valence-electron chi connectivity index (χ3n) is 6.61. The molecule has 0 radical (unpaired) electrons. The second-order valence-corrected chi connectivity index (χ2v) is 10.8. The molecule has 0 saturated carbocycles. The Kier molecular flexibility index (Phi) is 5.62. The van der Waals surface area contributed by atoms with Crippen molar-refractivity contribution in [3.05, 3.63) is 58.6 Å². The van der Waals surface area contributed by atoms with Gasteiger partial charge in [0.1, 0.15) is 6.54 Å². The van der Waals surface area contributed by atoms with Crippen LogP contribution in [0.15, 0.2) is 56.6 Å². The molecule has 2 aliphatic rings. The van der Waals surface area contributed by atoms with Gasteiger partial charge in [-0.2, -0.15) is 4.31 Å². The molecule has 1 saturated heterocycles. The number of nitrogens with zero attached hydrogens (tertiary/aromatic N) is 3. The zero-order chi connectivity index (χ0) is 23.2. The van der Waals surface area contributed by atoms with Gasteiger partial charge in [-0.1, -0.05) is 31.0 Å². The Labute approximate surface area is 192 Å². The average molecular weight is 470 g/mol. The molecule has 3 heterocycles. The lowest BCUT2D eigenvalue weighted by atomic mass is 10.1. The zero-order valence-electron chi connectivity index (χ0n) is 18.6. The van der Waals surface area contributed by atoms with E-state index in [9.17, 15) is 18.0 Å². The topological polar surface area (TPSA) is 92.8 Å². The summed E-state index contributed by atoms with van der Waals surface area (Å²) in [5, 5.41) is 0. The molecule has 0 unspecified atom stereocenters. The fraction of sp³-hybridized carbons (Fsp3) is 0.417. The van der Waals surface area contributed by atoms with Crippen molar-refractivity contribution < 1.29 is 17.6 Å². The lowest BCUT2D eigenvalue weighted by molar-refractivity contribution is -0.119. The van der Waals surface area contributed by atoms with E-state index in [1.807, 2.05) is 31.2 Å². The summed E-state index contributed by atoms with van der Waals surface area (Å²) >= 11 is 0. The Morgan fingerprint density at radius 1 is 1.06 bits per heavy atom. The van der Waals surface area contributed by atoms with Crippen molar-refractivity contribution in [2.24, 2.45) is 0 Å². The first-order valence-corrected chi connectivity index (χ1v) is 12.8. The number of rotatable bonds is 4. The molecule has 0 bridgehead atoms. The van der Waals surface area contributed by atoms with Gasteiger partial charge < -0.3 is 9.32 Å². The monoisotopic (exact) mass is 469 g/mol. The van der Waals surface area contributed by atoms with Crippen LogP contribution in [0.2, 0.25) is 0 Å². The number of hydrogen-bond acceptors (Lipinski definition) is 5. The van der Waals surface area contributed by atoms with Crippen LogP contribution in [-0.4, -0.2) is 42.3 Å². The minimum Gasteiger partial charge on any atom is -0.408 e. The van der Waals surface area contributed by atoms with E-state index in [1.54, 1.807) is 11.0 Å². The molecular weight excluding hydrogens is 442 g/mol. The summed E-state index contributed by atoms with van der Waals surface area (Å²) in [6.45, 7) is 2.79. The van der Waals surface area contributed by atoms with Gasteiger partial charge in [-0.25, -0.2) is 13.2 Å². The van der Waals surface area contributed by atoms with E-state index in [1.165, 1.54) is 21.0 Å². The van der Waals surface area contributed by atoms with Crippen LogP contribution in [0.4, 0.5) is 5.69 Å². The summed E-state index contributed by atoms with van der Waals surface area (Å²) in [5.41, 5.74) is 2.54. The molecule has 0 aliphatic carbocycles. The van der Waals surface area contributed by atoms with Gasteiger partial charge in [0.25, 0.3) is 0 Å². The molecule has 1 atom stereocenters. The Balaban J connectivity index is 1.44. The van der Waals surface area contributed by atoms with Gasteiger partial charge in [0, 0.05) is 30.9 Å². The summed E-state index contributed by atoms with van der Waals surface area (Å²) in [5.74, 6) is -0.888. The number of benzene rings is 2. The highest BCUT2D eigenvalue weighted by Crippen LogP contribution is 2.32. The van der Waals surface area contributed by atoms with E-state index >= 15 is 0 Å². The number of aromatic nitrogens is 1. The fourth-order valence-corrected chi connectivity index (χ4v) is 6.48. The maximum atomic E-state index is 13.2. The average Bonchev–Trinajstić information content (AvgIpc) is 3.12. The Bertz CT molecular complexity index is 1370. The lowest BCUT2D eigenvalue weighted by Crippen LogP contribution is -2.39. The molecule has 5 rings (SSSR count). The molecule has 2 aliphatic heterocycles. The van der Waals surface area contributed by atoms with Gasteiger partial charge in [-0.05, 0) is 49.9 Å². The van der Waals surface area contributed by atoms with Crippen LogP contribution in [0.3, 0.4) is 0 Å². The van der Waals surface area contributed by atoms with Crippen molar-refractivity contribution in [1.29, 1.82) is 0 Å². The third kappa shape index (κ3) is 3.89. The van der Waals surface area contributed by atoms with E-state index in [0.29, 0.717) is 18.6 Å². The highest BCUT2D eigenvalue weighted by Gasteiger charge is 2.31. The van der Waals surface area contributed by atoms with Gasteiger partial charge in [-0.15, -0.1) is 0 Å². The summed E-state index contributed by atoms with van der Waals surface area (Å²) in [4.78, 5) is 27.6. The summed E-state index contributed by atoms with van der Waals surface area (Å²) in [6.07, 6.45) is 4.49. The number of sulfonamides is 1. The quantitative estimate of drug-likeness (QED) is 0.585. The van der Waals surface area contributed by atoms with Crippen molar-refractivity contribution in [2.75, 3.05) is 18.0 Å².